The molecule has 2 heterocycles. The van der Waals surface area contributed by atoms with E-state index in [4.69, 9.17) is 0 Å². The van der Waals surface area contributed by atoms with Crippen molar-refractivity contribution < 1.29 is 4.79 Å². The lowest BCUT2D eigenvalue weighted by atomic mass is 10.1. The maximum Gasteiger partial charge on any atom is 0.233 e. The van der Waals surface area contributed by atoms with Crippen molar-refractivity contribution in [3.8, 4) is 0 Å². The first kappa shape index (κ1) is 17.6. The Kier molecular flexibility index (Phi) is 4.85. The number of nitrogens with one attached hydrogen (secondary N) is 1. The first-order valence-electron chi connectivity index (χ1n) is 8.92. The number of imidazole rings is 1. The summed E-state index contributed by atoms with van der Waals surface area (Å²) in [6.07, 6.45) is 1.02. The third-order valence-electron chi connectivity index (χ3n) is 4.61. The molecule has 0 bridgehead atoms. The Morgan fingerprint density at radius 1 is 1.15 bits per heavy atom. The van der Waals surface area contributed by atoms with E-state index in [0.717, 1.165) is 28.2 Å². The summed E-state index contributed by atoms with van der Waals surface area (Å²) >= 11 is 1.42. The van der Waals surface area contributed by atoms with Crippen LogP contribution in [-0.4, -0.2) is 43.2 Å². The van der Waals surface area contributed by atoms with Gasteiger partial charge in [-0.05, 0) is 29.7 Å². The van der Waals surface area contributed by atoms with Gasteiger partial charge in [0.1, 0.15) is 0 Å². The number of benzene rings is 2. The van der Waals surface area contributed by atoms with E-state index in [9.17, 15) is 4.79 Å². The van der Waals surface area contributed by atoms with Crippen molar-refractivity contribution in [1.82, 2.24) is 24.5 Å². The topological polar surface area (TPSA) is 66.3 Å². The molecule has 7 heteroatoms. The Bertz CT molecular complexity index is 1080. The van der Waals surface area contributed by atoms with Gasteiger partial charge < -0.3 is 4.90 Å². The third kappa shape index (κ3) is 3.55. The molecule has 4 aromatic rings. The summed E-state index contributed by atoms with van der Waals surface area (Å²) in [5.74, 6) is 1.09. The number of amides is 1. The molecule has 0 radical (unpaired) electrons. The number of para-hydroxylation sites is 2. The standard InChI is InChI=1S/C20H21N5OS/c1-3-14-8-10-15(11-9-14)12-24(2)18(26)13-27-20-23-22-19-21-16-6-4-5-7-17(16)25(19)20/h4-11H,3,12-13H2,1-2H3,(H,21,22). The number of thioether (sulfide) groups is 1. The molecule has 2 aromatic heterocycles. The van der Waals surface area contributed by atoms with Gasteiger partial charge in [-0.25, -0.2) is 10.1 Å². The predicted octanol–water partition coefficient (Wildman–Crippen LogP) is 3.52. The molecule has 0 unspecified atom stereocenters. The van der Waals surface area contributed by atoms with Crippen LogP contribution in [0.3, 0.4) is 0 Å². The van der Waals surface area contributed by atoms with E-state index in [0.29, 0.717) is 18.1 Å². The average molecular weight is 379 g/mol. The van der Waals surface area contributed by atoms with E-state index in [-0.39, 0.29) is 5.91 Å². The number of H-pyrrole nitrogens is 1. The average Bonchev–Trinajstić information content (AvgIpc) is 3.26. The molecule has 4 rings (SSSR count). The van der Waals surface area contributed by atoms with Crippen molar-refractivity contribution in [2.24, 2.45) is 0 Å². The zero-order chi connectivity index (χ0) is 18.8. The van der Waals surface area contributed by atoms with Crippen LogP contribution in [0.25, 0.3) is 16.8 Å². The van der Waals surface area contributed by atoms with Crippen LogP contribution in [0.2, 0.25) is 0 Å². The highest BCUT2D eigenvalue weighted by Gasteiger charge is 2.15. The molecule has 0 saturated carbocycles. The number of aryl methyl sites for hydroxylation is 1. The van der Waals surface area contributed by atoms with Crippen molar-refractivity contribution in [2.75, 3.05) is 12.8 Å². The van der Waals surface area contributed by atoms with Crippen LogP contribution >= 0.6 is 11.8 Å². The van der Waals surface area contributed by atoms with Gasteiger partial charge >= 0.3 is 0 Å². The van der Waals surface area contributed by atoms with Crippen LogP contribution in [0.4, 0.5) is 0 Å². The number of rotatable bonds is 6. The minimum atomic E-state index is 0.0696. The van der Waals surface area contributed by atoms with Gasteiger partial charge in [-0.1, -0.05) is 55.1 Å². The monoisotopic (exact) mass is 379 g/mol. The fraction of sp³-hybridized carbons (Fsp3) is 0.250. The van der Waals surface area contributed by atoms with Crippen molar-refractivity contribution in [3.05, 3.63) is 59.7 Å². The molecule has 0 spiro atoms. The quantitative estimate of drug-likeness (QED) is 0.521. The Morgan fingerprint density at radius 2 is 1.89 bits per heavy atom. The summed E-state index contributed by atoms with van der Waals surface area (Å²) in [6, 6.07) is 16.3. The Morgan fingerprint density at radius 3 is 2.67 bits per heavy atom. The highest BCUT2D eigenvalue weighted by Crippen LogP contribution is 2.23. The number of aromatic amines is 1. The lowest BCUT2D eigenvalue weighted by Gasteiger charge is -2.17. The molecular formula is C20H21N5OS. The summed E-state index contributed by atoms with van der Waals surface area (Å²) in [5, 5.41) is 7.99. The van der Waals surface area contributed by atoms with Crippen molar-refractivity contribution >= 4 is 34.5 Å². The molecular weight excluding hydrogens is 358 g/mol. The fourth-order valence-corrected chi connectivity index (χ4v) is 3.92. The van der Waals surface area contributed by atoms with E-state index >= 15 is 0 Å². The van der Waals surface area contributed by atoms with Gasteiger partial charge in [0.15, 0.2) is 5.16 Å². The minimum Gasteiger partial charge on any atom is -0.341 e. The zero-order valence-electron chi connectivity index (χ0n) is 15.3. The SMILES string of the molecule is CCc1ccc(CN(C)C(=O)CSc2n[nH]c3nc4ccccc4n23)cc1. The first-order chi connectivity index (χ1) is 13.2. The molecule has 0 aliphatic rings. The normalized spacial score (nSPS) is 11.3. The molecule has 0 saturated heterocycles. The second kappa shape index (κ2) is 7.44. The number of nitrogens with zero attached hydrogens (tertiary/aromatic N) is 4. The molecule has 6 nitrogen and oxygen atoms in total. The van der Waals surface area contributed by atoms with Crippen LogP contribution in [0, 0.1) is 0 Å². The van der Waals surface area contributed by atoms with Gasteiger partial charge in [0.05, 0.1) is 16.8 Å². The summed E-state index contributed by atoms with van der Waals surface area (Å²) in [4.78, 5) is 18.8. The molecule has 2 aromatic carbocycles. The van der Waals surface area contributed by atoms with Crippen molar-refractivity contribution in [3.63, 3.8) is 0 Å². The Balaban J connectivity index is 1.43. The molecule has 1 N–H and O–H groups in total. The number of aromatic nitrogens is 4. The molecule has 138 valence electrons. The summed E-state index contributed by atoms with van der Waals surface area (Å²) in [6.45, 7) is 2.74. The highest BCUT2D eigenvalue weighted by molar-refractivity contribution is 7.99. The zero-order valence-corrected chi connectivity index (χ0v) is 16.2. The van der Waals surface area contributed by atoms with Crippen molar-refractivity contribution in [1.29, 1.82) is 0 Å². The van der Waals surface area contributed by atoms with Crippen LogP contribution < -0.4 is 0 Å². The number of carbonyl (C=O) groups excluding carboxylic acids is 1. The molecule has 0 fully saturated rings. The van der Waals surface area contributed by atoms with E-state index in [1.807, 2.05) is 35.7 Å². The summed E-state index contributed by atoms with van der Waals surface area (Å²) in [5.41, 5.74) is 4.33. The Labute approximate surface area is 161 Å². The molecule has 0 aliphatic heterocycles. The number of fused-ring (bicyclic) bond motifs is 3. The summed E-state index contributed by atoms with van der Waals surface area (Å²) < 4.78 is 1.96. The maximum absolute atomic E-state index is 12.5. The predicted molar refractivity (Wildman–Crippen MR) is 108 cm³/mol. The largest absolute Gasteiger partial charge is 0.341 e. The molecule has 1 amide bonds. The van der Waals surface area contributed by atoms with Gasteiger partial charge in [-0.15, -0.1) is 5.10 Å². The van der Waals surface area contributed by atoms with Crippen LogP contribution in [0.15, 0.2) is 53.7 Å². The van der Waals surface area contributed by atoms with Crippen LogP contribution in [0.5, 0.6) is 0 Å². The van der Waals surface area contributed by atoms with Crippen LogP contribution in [0.1, 0.15) is 18.1 Å². The minimum absolute atomic E-state index is 0.0696. The second-order valence-electron chi connectivity index (χ2n) is 6.47. The Hall–Kier alpha value is -2.80. The first-order valence-corrected chi connectivity index (χ1v) is 9.90. The van der Waals surface area contributed by atoms with E-state index < -0.39 is 0 Å². The van der Waals surface area contributed by atoms with Crippen LogP contribution in [-0.2, 0) is 17.8 Å². The van der Waals surface area contributed by atoms with Crippen molar-refractivity contribution in [2.45, 2.75) is 25.0 Å². The smallest absolute Gasteiger partial charge is 0.233 e. The number of hydrogen-bond donors (Lipinski definition) is 1. The third-order valence-corrected chi connectivity index (χ3v) is 5.53. The highest BCUT2D eigenvalue weighted by atomic mass is 32.2. The molecule has 0 aliphatic carbocycles. The number of carbonyl (C=O) groups is 1. The van der Waals surface area contributed by atoms with Gasteiger partial charge in [0, 0.05) is 13.6 Å². The maximum atomic E-state index is 12.5. The second-order valence-corrected chi connectivity index (χ2v) is 7.42. The van der Waals surface area contributed by atoms with Gasteiger partial charge in [-0.2, -0.15) is 0 Å². The van der Waals surface area contributed by atoms with Gasteiger partial charge in [-0.3, -0.25) is 9.20 Å². The van der Waals surface area contributed by atoms with E-state index in [1.54, 1.807) is 4.90 Å². The fourth-order valence-electron chi connectivity index (χ4n) is 3.02. The molecule has 0 atom stereocenters. The van der Waals surface area contributed by atoms with Gasteiger partial charge in [0.25, 0.3) is 0 Å². The molecule has 27 heavy (non-hydrogen) atoms. The summed E-state index contributed by atoms with van der Waals surface area (Å²) in [7, 11) is 1.84. The number of hydrogen-bond acceptors (Lipinski definition) is 4. The lowest BCUT2D eigenvalue weighted by molar-refractivity contribution is -0.127. The van der Waals surface area contributed by atoms with E-state index in [2.05, 4.69) is 46.4 Å². The van der Waals surface area contributed by atoms with E-state index in [1.165, 1.54) is 17.3 Å². The van der Waals surface area contributed by atoms with Gasteiger partial charge in [0.2, 0.25) is 11.7 Å². The lowest BCUT2D eigenvalue weighted by Crippen LogP contribution is -2.27.